The number of esters is 1. The van der Waals surface area contributed by atoms with Crippen LogP contribution in [0.1, 0.15) is 54.0 Å². The highest BCUT2D eigenvalue weighted by Crippen LogP contribution is 2.33. The number of carbonyl (C=O) groups is 2. The van der Waals surface area contributed by atoms with Crippen LogP contribution in [0, 0.1) is 26.7 Å². The highest BCUT2D eigenvalue weighted by molar-refractivity contribution is 7.89. The Morgan fingerprint density at radius 2 is 1.82 bits per heavy atom. The van der Waals surface area contributed by atoms with Gasteiger partial charge in [0.05, 0.1) is 12.5 Å². The van der Waals surface area contributed by atoms with Crippen molar-refractivity contribution < 1.29 is 22.7 Å². The van der Waals surface area contributed by atoms with Gasteiger partial charge < -0.3 is 14.6 Å². The van der Waals surface area contributed by atoms with Crippen LogP contribution in [-0.4, -0.2) is 48.9 Å². The molecule has 0 saturated carbocycles. The average molecular weight is 476 g/mol. The van der Waals surface area contributed by atoms with Gasteiger partial charge in [0.1, 0.15) is 10.5 Å². The van der Waals surface area contributed by atoms with Gasteiger partial charge >= 0.3 is 5.97 Å². The number of ether oxygens (including phenoxy) is 1. The van der Waals surface area contributed by atoms with Crippen LogP contribution in [0.4, 0.5) is 5.69 Å². The maximum Gasteiger partial charge on any atom is 0.341 e. The summed E-state index contributed by atoms with van der Waals surface area (Å²) < 4.78 is 35.9. The maximum absolute atomic E-state index is 13.8. The van der Waals surface area contributed by atoms with Crippen molar-refractivity contribution in [3.05, 3.63) is 46.8 Å². The number of carbonyl (C=O) groups excluding carboxylic acids is 2. The van der Waals surface area contributed by atoms with E-state index >= 15 is 0 Å². The number of nitrogens with zero attached hydrogens (tertiary/aromatic N) is 2. The van der Waals surface area contributed by atoms with Gasteiger partial charge in [0, 0.05) is 36.7 Å². The normalized spacial score (nSPS) is 17.1. The molecule has 2 heterocycles. The van der Waals surface area contributed by atoms with Crippen LogP contribution in [0.15, 0.2) is 29.2 Å². The van der Waals surface area contributed by atoms with Gasteiger partial charge in [-0.05, 0) is 59.1 Å². The summed E-state index contributed by atoms with van der Waals surface area (Å²) in [6, 6.07) is 7.48. The molecule has 1 amide bonds. The van der Waals surface area contributed by atoms with Crippen LogP contribution in [0.3, 0.4) is 0 Å². The van der Waals surface area contributed by atoms with Crippen LogP contribution >= 0.6 is 0 Å². The minimum atomic E-state index is -4.01. The summed E-state index contributed by atoms with van der Waals surface area (Å²) in [6.07, 6.45) is 1.16. The highest BCUT2D eigenvalue weighted by Gasteiger charge is 2.39. The molecule has 1 N–H and O–H groups in total. The summed E-state index contributed by atoms with van der Waals surface area (Å²) in [7, 11) is -4.01. The smallest absolute Gasteiger partial charge is 0.341 e. The monoisotopic (exact) mass is 475 g/mol. The summed E-state index contributed by atoms with van der Waals surface area (Å²) in [5.41, 5.74) is 2.82. The topological polar surface area (TPSA) is 97.7 Å². The maximum atomic E-state index is 13.8. The molecule has 0 radical (unpaired) electrons. The van der Waals surface area contributed by atoms with Crippen LogP contribution in [0.2, 0.25) is 0 Å². The second-order valence-corrected chi connectivity index (χ2v) is 10.2. The number of nitrogens with one attached hydrogen (secondary N) is 1. The standard InChI is InChI=1S/C24H33N3O5S/c1-6-27-17(4)21(24(29)32-7-2)22(18(27)5)33(30,31)26-14-10-12-19(15-26)23(28)25-20-13-9-8-11-16(20)3/h8-9,11,13,19H,6-7,10,12,14-15H2,1-5H3,(H,25,28)/t19-/m1/s1. The van der Waals surface area contributed by atoms with Gasteiger partial charge in [0.2, 0.25) is 15.9 Å². The number of hydrogen-bond acceptors (Lipinski definition) is 5. The molecule has 9 heteroatoms. The molecule has 0 spiro atoms. The van der Waals surface area contributed by atoms with Crippen molar-refractivity contribution in [1.82, 2.24) is 8.87 Å². The number of aryl methyl sites for hydroxylation is 1. The first kappa shape index (κ1) is 25.0. The van der Waals surface area contributed by atoms with Crippen molar-refractivity contribution in [3.8, 4) is 0 Å². The SMILES string of the molecule is CCOC(=O)c1c(S(=O)(=O)N2CCC[C@@H](C(=O)Nc3ccccc3C)C2)c(C)n(CC)c1C. The number of anilines is 1. The molecule has 0 aliphatic carbocycles. The Balaban J connectivity index is 1.92. The Morgan fingerprint density at radius 1 is 1.12 bits per heavy atom. The molecular weight excluding hydrogens is 442 g/mol. The number of sulfonamides is 1. The molecule has 33 heavy (non-hydrogen) atoms. The van der Waals surface area contributed by atoms with Gasteiger partial charge in [-0.25, -0.2) is 13.2 Å². The van der Waals surface area contributed by atoms with E-state index in [0.29, 0.717) is 37.3 Å². The third-order valence-electron chi connectivity index (χ3n) is 6.28. The van der Waals surface area contributed by atoms with Gasteiger partial charge in [-0.2, -0.15) is 4.31 Å². The molecule has 1 aromatic carbocycles. The number of aromatic nitrogens is 1. The fraction of sp³-hybridized carbons (Fsp3) is 0.500. The van der Waals surface area contributed by atoms with E-state index in [1.807, 2.05) is 42.7 Å². The fourth-order valence-electron chi connectivity index (χ4n) is 4.54. The molecule has 1 atom stereocenters. The van der Waals surface area contributed by atoms with Crippen molar-refractivity contribution in [2.75, 3.05) is 25.0 Å². The summed E-state index contributed by atoms with van der Waals surface area (Å²) in [4.78, 5) is 25.7. The Morgan fingerprint density at radius 3 is 2.45 bits per heavy atom. The summed E-state index contributed by atoms with van der Waals surface area (Å²) in [6.45, 7) is 9.99. The van der Waals surface area contributed by atoms with Crippen LogP contribution in [0.5, 0.6) is 0 Å². The number of piperidine rings is 1. The molecule has 1 saturated heterocycles. The number of hydrogen-bond donors (Lipinski definition) is 1. The second kappa shape index (κ2) is 10.1. The van der Waals surface area contributed by atoms with Gasteiger partial charge in [-0.15, -0.1) is 0 Å². The van der Waals surface area contributed by atoms with Crippen LogP contribution in [-0.2, 0) is 26.1 Å². The van der Waals surface area contributed by atoms with E-state index in [2.05, 4.69) is 5.32 Å². The molecule has 1 aliphatic rings. The lowest BCUT2D eigenvalue weighted by Gasteiger charge is -2.31. The molecule has 180 valence electrons. The lowest BCUT2D eigenvalue weighted by molar-refractivity contribution is -0.120. The van der Waals surface area contributed by atoms with Crippen molar-refractivity contribution >= 4 is 27.6 Å². The first-order valence-electron chi connectivity index (χ1n) is 11.4. The van der Waals surface area contributed by atoms with Crippen molar-refractivity contribution in [2.24, 2.45) is 5.92 Å². The zero-order chi connectivity index (χ0) is 24.3. The molecule has 8 nitrogen and oxygen atoms in total. The first-order chi connectivity index (χ1) is 15.6. The highest BCUT2D eigenvalue weighted by atomic mass is 32.2. The number of benzene rings is 1. The first-order valence-corrected chi connectivity index (χ1v) is 12.8. The van der Waals surface area contributed by atoms with Gasteiger partial charge in [0.25, 0.3) is 0 Å². The molecule has 3 rings (SSSR count). The molecule has 1 aromatic heterocycles. The number of para-hydroxylation sites is 1. The Labute approximate surface area is 196 Å². The largest absolute Gasteiger partial charge is 0.462 e. The third kappa shape index (κ3) is 4.84. The molecule has 1 fully saturated rings. The predicted octanol–water partition coefficient (Wildman–Crippen LogP) is 3.65. The summed E-state index contributed by atoms with van der Waals surface area (Å²) in [5, 5.41) is 2.93. The van der Waals surface area contributed by atoms with E-state index < -0.39 is 21.9 Å². The molecular formula is C24H33N3O5S. The third-order valence-corrected chi connectivity index (χ3v) is 8.31. The molecule has 0 bridgehead atoms. The average Bonchev–Trinajstić information content (AvgIpc) is 3.05. The Hall–Kier alpha value is -2.65. The predicted molar refractivity (Wildman–Crippen MR) is 127 cm³/mol. The number of amides is 1. The molecule has 1 aliphatic heterocycles. The van der Waals surface area contributed by atoms with E-state index in [9.17, 15) is 18.0 Å². The van der Waals surface area contributed by atoms with Gasteiger partial charge in [-0.1, -0.05) is 18.2 Å². The fourth-order valence-corrected chi connectivity index (χ4v) is 6.52. The molecule has 0 unspecified atom stereocenters. The Kier molecular flexibility index (Phi) is 7.64. The van der Waals surface area contributed by atoms with Crippen molar-refractivity contribution in [3.63, 3.8) is 0 Å². The zero-order valence-corrected chi connectivity index (χ0v) is 20.8. The van der Waals surface area contributed by atoms with Crippen molar-refractivity contribution in [1.29, 1.82) is 0 Å². The van der Waals surface area contributed by atoms with Crippen LogP contribution in [0.25, 0.3) is 0 Å². The zero-order valence-electron chi connectivity index (χ0n) is 20.0. The summed E-state index contributed by atoms with van der Waals surface area (Å²) in [5.74, 6) is -1.32. The van der Waals surface area contributed by atoms with Gasteiger partial charge in [-0.3, -0.25) is 4.79 Å². The number of rotatable bonds is 7. The minimum Gasteiger partial charge on any atom is -0.462 e. The van der Waals surface area contributed by atoms with Gasteiger partial charge in [0.15, 0.2) is 0 Å². The van der Waals surface area contributed by atoms with Crippen molar-refractivity contribution in [2.45, 2.75) is 58.9 Å². The van der Waals surface area contributed by atoms with E-state index in [1.54, 1.807) is 20.8 Å². The van der Waals surface area contributed by atoms with E-state index in [1.165, 1.54) is 4.31 Å². The minimum absolute atomic E-state index is 0.0136. The lowest BCUT2D eigenvalue weighted by Crippen LogP contribution is -2.44. The lowest BCUT2D eigenvalue weighted by atomic mass is 9.98. The Bertz CT molecular complexity index is 1150. The summed E-state index contributed by atoms with van der Waals surface area (Å²) >= 11 is 0. The van der Waals surface area contributed by atoms with E-state index in [0.717, 1.165) is 11.3 Å². The quantitative estimate of drug-likeness (QED) is 0.617. The molecule has 2 aromatic rings. The van der Waals surface area contributed by atoms with E-state index in [-0.39, 0.29) is 29.5 Å². The second-order valence-electron chi connectivity index (χ2n) is 8.35. The van der Waals surface area contributed by atoms with Crippen LogP contribution < -0.4 is 5.32 Å². The van der Waals surface area contributed by atoms with E-state index in [4.69, 9.17) is 4.74 Å².